The minimum absolute atomic E-state index is 0.0356. The molecule has 0 aliphatic heterocycles. The second-order valence-electron chi connectivity index (χ2n) is 7.00. The van der Waals surface area contributed by atoms with Crippen LogP contribution in [0.2, 0.25) is 5.02 Å². The van der Waals surface area contributed by atoms with Gasteiger partial charge in [0.25, 0.3) is 0 Å². The third-order valence-electron chi connectivity index (χ3n) is 5.07. The molecule has 1 aromatic carbocycles. The van der Waals surface area contributed by atoms with Crippen molar-refractivity contribution in [1.82, 2.24) is 19.9 Å². The zero-order chi connectivity index (χ0) is 19.5. The summed E-state index contributed by atoms with van der Waals surface area (Å²) in [6.45, 7) is 0.749. The summed E-state index contributed by atoms with van der Waals surface area (Å²) in [5, 5.41) is 6.57. The number of fused-ring (bicyclic) bond motifs is 1. The van der Waals surface area contributed by atoms with E-state index in [0.717, 1.165) is 32.2 Å². The summed E-state index contributed by atoms with van der Waals surface area (Å²) in [6, 6.07) is 4.72. The molecule has 0 atom stereocenters. The summed E-state index contributed by atoms with van der Waals surface area (Å²) in [5.41, 5.74) is 7.57. The van der Waals surface area contributed by atoms with Gasteiger partial charge in [-0.2, -0.15) is 0 Å². The van der Waals surface area contributed by atoms with Gasteiger partial charge in [-0.1, -0.05) is 11.6 Å². The lowest BCUT2D eigenvalue weighted by molar-refractivity contribution is 0.344. The number of hydrogen-bond acceptors (Lipinski definition) is 7. The maximum absolute atomic E-state index is 13.4. The molecule has 0 radical (unpaired) electrons. The van der Waals surface area contributed by atoms with Gasteiger partial charge in [-0.05, 0) is 56.3 Å². The lowest BCUT2D eigenvalue weighted by Crippen LogP contribution is -2.29. The summed E-state index contributed by atoms with van der Waals surface area (Å²) in [4.78, 5) is 17.5. The Bertz CT molecular complexity index is 976. The Hall–Kier alpha value is -2.58. The van der Waals surface area contributed by atoms with E-state index in [0.29, 0.717) is 40.4 Å². The van der Waals surface area contributed by atoms with E-state index in [1.54, 1.807) is 12.3 Å². The van der Waals surface area contributed by atoms with Crippen molar-refractivity contribution >= 4 is 40.1 Å². The molecule has 146 valence electrons. The van der Waals surface area contributed by atoms with Crippen molar-refractivity contribution in [2.75, 3.05) is 17.2 Å². The molecule has 2 aromatic heterocycles. The van der Waals surface area contributed by atoms with Crippen LogP contribution in [0.3, 0.4) is 0 Å². The Labute approximate surface area is 167 Å². The van der Waals surface area contributed by atoms with Gasteiger partial charge in [-0.25, -0.2) is 24.3 Å². The van der Waals surface area contributed by atoms with Crippen molar-refractivity contribution < 1.29 is 4.39 Å². The standard InChI is InChI=1S/C19H21ClFN7/c20-14-7-13(5-6-15(14)21)26-18-17-16(24-10-25-18)9-23-19(28-17)27-12-3-1-11(8-22)2-4-12/h5-7,9-12H,1-4,8,22H2,(H,23,27,28)(H,24,25,26). The fourth-order valence-corrected chi connectivity index (χ4v) is 3.63. The molecule has 28 heavy (non-hydrogen) atoms. The van der Waals surface area contributed by atoms with Gasteiger partial charge in [-0.3, -0.25) is 0 Å². The average molecular weight is 402 g/mol. The van der Waals surface area contributed by atoms with Gasteiger partial charge >= 0.3 is 0 Å². The van der Waals surface area contributed by atoms with E-state index in [1.165, 1.54) is 18.5 Å². The van der Waals surface area contributed by atoms with Crippen LogP contribution in [0, 0.1) is 11.7 Å². The molecular weight excluding hydrogens is 381 g/mol. The van der Waals surface area contributed by atoms with Gasteiger partial charge in [0.05, 0.1) is 11.2 Å². The van der Waals surface area contributed by atoms with Crippen LogP contribution in [0.1, 0.15) is 25.7 Å². The van der Waals surface area contributed by atoms with Gasteiger partial charge in [0.15, 0.2) is 5.82 Å². The van der Waals surface area contributed by atoms with Gasteiger partial charge in [0, 0.05) is 11.7 Å². The van der Waals surface area contributed by atoms with Crippen LogP contribution < -0.4 is 16.4 Å². The smallest absolute Gasteiger partial charge is 0.223 e. The third-order valence-corrected chi connectivity index (χ3v) is 5.36. The first kappa shape index (κ1) is 18.8. The van der Waals surface area contributed by atoms with Crippen molar-refractivity contribution in [3.63, 3.8) is 0 Å². The minimum Gasteiger partial charge on any atom is -0.351 e. The van der Waals surface area contributed by atoms with Crippen molar-refractivity contribution in [1.29, 1.82) is 0 Å². The van der Waals surface area contributed by atoms with Gasteiger partial charge < -0.3 is 16.4 Å². The summed E-state index contributed by atoms with van der Waals surface area (Å²) in [5.74, 6) is 1.18. The average Bonchev–Trinajstić information content (AvgIpc) is 2.72. The van der Waals surface area contributed by atoms with Crippen LogP contribution in [0.15, 0.2) is 30.7 Å². The Morgan fingerprint density at radius 3 is 2.71 bits per heavy atom. The predicted octanol–water partition coefficient (Wildman–Crippen LogP) is 3.89. The molecule has 0 spiro atoms. The molecule has 3 aromatic rings. The second-order valence-corrected chi connectivity index (χ2v) is 7.41. The molecule has 1 aliphatic carbocycles. The van der Waals surface area contributed by atoms with Gasteiger partial charge in [0.1, 0.15) is 23.2 Å². The highest BCUT2D eigenvalue weighted by Gasteiger charge is 2.21. The number of nitrogens with two attached hydrogens (primary N) is 1. The van der Waals surface area contributed by atoms with Gasteiger partial charge in [-0.15, -0.1) is 0 Å². The number of benzene rings is 1. The molecule has 2 heterocycles. The van der Waals surface area contributed by atoms with Crippen molar-refractivity contribution in [2.24, 2.45) is 11.7 Å². The van der Waals surface area contributed by atoms with Crippen LogP contribution in [-0.2, 0) is 0 Å². The lowest BCUT2D eigenvalue weighted by atomic mass is 9.86. The molecule has 1 saturated carbocycles. The highest BCUT2D eigenvalue weighted by atomic mass is 35.5. The number of nitrogens with zero attached hydrogens (tertiary/aromatic N) is 4. The number of halogens is 2. The summed E-state index contributed by atoms with van der Waals surface area (Å²) in [7, 11) is 0. The van der Waals surface area contributed by atoms with Crippen LogP contribution in [0.4, 0.5) is 21.8 Å². The predicted molar refractivity (Wildman–Crippen MR) is 108 cm³/mol. The van der Waals surface area contributed by atoms with E-state index < -0.39 is 5.82 Å². The Morgan fingerprint density at radius 1 is 1.14 bits per heavy atom. The molecule has 0 saturated heterocycles. The number of hydrogen-bond donors (Lipinski definition) is 3. The third kappa shape index (κ3) is 4.13. The van der Waals surface area contributed by atoms with Gasteiger partial charge in [0.2, 0.25) is 5.95 Å². The lowest BCUT2D eigenvalue weighted by Gasteiger charge is -2.28. The fourth-order valence-electron chi connectivity index (χ4n) is 3.45. The van der Waals surface area contributed by atoms with E-state index in [2.05, 4.69) is 30.6 Å². The molecule has 1 aliphatic rings. The molecule has 4 N–H and O–H groups in total. The summed E-state index contributed by atoms with van der Waals surface area (Å²) < 4.78 is 13.4. The van der Waals surface area contributed by atoms with Crippen molar-refractivity contribution in [2.45, 2.75) is 31.7 Å². The van der Waals surface area contributed by atoms with E-state index >= 15 is 0 Å². The Balaban J connectivity index is 1.56. The topological polar surface area (TPSA) is 102 Å². The molecule has 4 rings (SSSR count). The maximum Gasteiger partial charge on any atom is 0.223 e. The largest absolute Gasteiger partial charge is 0.351 e. The molecule has 1 fully saturated rings. The van der Waals surface area contributed by atoms with Crippen molar-refractivity contribution in [3.8, 4) is 0 Å². The van der Waals surface area contributed by atoms with Crippen LogP contribution >= 0.6 is 11.6 Å². The fraction of sp³-hybridized carbons (Fsp3) is 0.368. The quantitative estimate of drug-likeness (QED) is 0.596. The first-order valence-corrected chi connectivity index (χ1v) is 9.66. The zero-order valence-electron chi connectivity index (χ0n) is 15.2. The van der Waals surface area contributed by atoms with Crippen LogP contribution in [-0.4, -0.2) is 32.5 Å². The summed E-state index contributed by atoms with van der Waals surface area (Å²) in [6.07, 6.45) is 7.43. The number of aromatic nitrogens is 4. The highest BCUT2D eigenvalue weighted by molar-refractivity contribution is 6.31. The van der Waals surface area contributed by atoms with E-state index in [9.17, 15) is 4.39 Å². The second kappa shape index (κ2) is 8.20. The normalized spacial score (nSPS) is 19.5. The summed E-state index contributed by atoms with van der Waals surface area (Å²) >= 11 is 5.86. The molecular formula is C19H21ClFN7. The molecule has 0 unspecified atom stereocenters. The maximum atomic E-state index is 13.4. The van der Waals surface area contributed by atoms with Crippen molar-refractivity contribution in [3.05, 3.63) is 41.6 Å². The number of anilines is 3. The monoisotopic (exact) mass is 401 g/mol. The number of rotatable bonds is 5. The van der Waals surface area contributed by atoms with E-state index in [4.69, 9.17) is 17.3 Å². The van der Waals surface area contributed by atoms with Crippen LogP contribution in [0.5, 0.6) is 0 Å². The SMILES string of the molecule is NCC1CCC(Nc2ncc3ncnc(Nc4ccc(F)c(Cl)c4)c3n2)CC1. The highest BCUT2D eigenvalue weighted by Crippen LogP contribution is 2.27. The minimum atomic E-state index is -0.474. The molecule has 0 bridgehead atoms. The first-order valence-electron chi connectivity index (χ1n) is 9.29. The Kier molecular flexibility index (Phi) is 5.50. The molecule has 0 amide bonds. The van der Waals surface area contributed by atoms with E-state index in [-0.39, 0.29) is 5.02 Å². The first-order chi connectivity index (χ1) is 13.6. The zero-order valence-corrected chi connectivity index (χ0v) is 16.0. The van der Waals surface area contributed by atoms with E-state index in [1.807, 2.05) is 0 Å². The van der Waals surface area contributed by atoms with Crippen LogP contribution in [0.25, 0.3) is 11.0 Å². The molecule has 9 heteroatoms. The number of nitrogens with one attached hydrogen (secondary N) is 2. The molecule has 7 nitrogen and oxygen atoms in total. The Morgan fingerprint density at radius 2 is 1.96 bits per heavy atom.